The molecule has 0 fully saturated rings. The largest absolute Gasteiger partial charge is 0.391 e. The molecule has 3 N–H and O–H groups in total. The number of nitrogens with one attached hydrogen (secondary N) is 2. The Morgan fingerprint density at radius 1 is 1.35 bits per heavy atom. The Labute approximate surface area is 121 Å². The molecule has 1 atom stereocenters. The van der Waals surface area contributed by atoms with Gasteiger partial charge in [-0.25, -0.2) is 4.79 Å². The van der Waals surface area contributed by atoms with Crippen LogP contribution in [0.1, 0.15) is 26.7 Å². The van der Waals surface area contributed by atoms with Crippen molar-refractivity contribution in [2.45, 2.75) is 32.8 Å². The van der Waals surface area contributed by atoms with E-state index in [-0.39, 0.29) is 12.6 Å². The van der Waals surface area contributed by atoms with Crippen molar-refractivity contribution in [2.75, 3.05) is 30.4 Å². The summed E-state index contributed by atoms with van der Waals surface area (Å²) in [6.07, 6.45) is 1.10. The van der Waals surface area contributed by atoms with E-state index in [0.717, 1.165) is 24.3 Å². The number of carbonyl (C=O) groups excluding carboxylic acids is 1. The van der Waals surface area contributed by atoms with E-state index >= 15 is 0 Å². The quantitative estimate of drug-likeness (QED) is 0.718. The molecule has 0 spiro atoms. The smallest absolute Gasteiger partial charge is 0.319 e. The lowest BCUT2D eigenvalue weighted by Gasteiger charge is -2.21. The van der Waals surface area contributed by atoms with Crippen LogP contribution in [-0.2, 0) is 0 Å². The van der Waals surface area contributed by atoms with Gasteiger partial charge >= 0.3 is 6.03 Å². The average Bonchev–Trinajstić information content (AvgIpc) is 2.45. The summed E-state index contributed by atoms with van der Waals surface area (Å²) in [6.45, 7) is 5.18. The number of benzene rings is 1. The third kappa shape index (κ3) is 5.09. The summed E-state index contributed by atoms with van der Waals surface area (Å²) >= 11 is 0. The van der Waals surface area contributed by atoms with Crippen LogP contribution >= 0.6 is 0 Å². The van der Waals surface area contributed by atoms with Gasteiger partial charge in [-0.3, -0.25) is 0 Å². The van der Waals surface area contributed by atoms with Crippen molar-refractivity contribution in [3.05, 3.63) is 24.3 Å². The number of aliphatic hydroxyl groups is 1. The molecule has 1 rings (SSSR count). The van der Waals surface area contributed by atoms with Gasteiger partial charge in [0.25, 0.3) is 0 Å². The third-order valence-electron chi connectivity index (χ3n) is 3.16. The Morgan fingerprint density at radius 3 is 2.70 bits per heavy atom. The minimum Gasteiger partial charge on any atom is -0.391 e. The van der Waals surface area contributed by atoms with Crippen LogP contribution in [-0.4, -0.2) is 37.4 Å². The molecular formula is C15H25N3O2. The fourth-order valence-electron chi connectivity index (χ4n) is 1.89. The minimum absolute atomic E-state index is 0.269. The third-order valence-corrected chi connectivity index (χ3v) is 3.16. The van der Waals surface area contributed by atoms with Gasteiger partial charge in [0.1, 0.15) is 0 Å². The number of amides is 2. The molecule has 0 heterocycles. The number of para-hydroxylation sites is 2. The van der Waals surface area contributed by atoms with Crippen molar-refractivity contribution in [2.24, 2.45) is 0 Å². The Hall–Kier alpha value is -1.75. The predicted molar refractivity (Wildman–Crippen MR) is 83.3 cm³/mol. The monoisotopic (exact) mass is 279 g/mol. The number of hydrogen-bond acceptors (Lipinski definition) is 3. The van der Waals surface area contributed by atoms with Crippen LogP contribution in [0.2, 0.25) is 0 Å². The van der Waals surface area contributed by atoms with Gasteiger partial charge in [0.05, 0.1) is 17.5 Å². The second-order valence-electron chi connectivity index (χ2n) is 4.81. The Morgan fingerprint density at radius 2 is 2.05 bits per heavy atom. The first-order valence-corrected chi connectivity index (χ1v) is 7.11. The molecular weight excluding hydrogens is 254 g/mol. The number of rotatable bonds is 7. The van der Waals surface area contributed by atoms with E-state index in [1.807, 2.05) is 38.2 Å². The highest BCUT2D eigenvalue weighted by Crippen LogP contribution is 2.24. The van der Waals surface area contributed by atoms with Crippen molar-refractivity contribution in [3.63, 3.8) is 0 Å². The number of anilines is 2. The molecule has 5 heteroatoms. The van der Waals surface area contributed by atoms with Crippen LogP contribution in [0.15, 0.2) is 24.3 Å². The average molecular weight is 279 g/mol. The second-order valence-corrected chi connectivity index (χ2v) is 4.81. The highest BCUT2D eigenvalue weighted by Gasteiger charge is 2.10. The zero-order valence-electron chi connectivity index (χ0n) is 12.5. The molecule has 0 aliphatic rings. The molecule has 1 unspecified atom stereocenters. The molecule has 1 aromatic rings. The maximum absolute atomic E-state index is 11.8. The van der Waals surface area contributed by atoms with Crippen LogP contribution < -0.4 is 15.5 Å². The Bertz CT molecular complexity index is 423. The van der Waals surface area contributed by atoms with Crippen molar-refractivity contribution in [3.8, 4) is 0 Å². The lowest BCUT2D eigenvalue weighted by Crippen LogP contribution is -2.35. The summed E-state index contributed by atoms with van der Waals surface area (Å²) in [5, 5.41) is 15.1. The normalized spacial score (nSPS) is 11.8. The van der Waals surface area contributed by atoms with Gasteiger partial charge < -0.3 is 20.6 Å². The van der Waals surface area contributed by atoms with E-state index < -0.39 is 6.10 Å². The maximum Gasteiger partial charge on any atom is 0.319 e. The fraction of sp³-hybridized carbons (Fsp3) is 0.533. The Balaban J connectivity index is 2.57. The fourth-order valence-corrected chi connectivity index (χ4v) is 1.89. The number of hydrogen-bond donors (Lipinski definition) is 3. The van der Waals surface area contributed by atoms with E-state index in [1.165, 1.54) is 0 Å². The molecule has 0 aliphatic heterocycles. The van der Waals surface area contributed by atoms with Crippen molar-refractivity contribution >= 4 is 17.4 Å². The molecule has 0 saturated carbocycles. The van der Waals surface area contributed by atoms with E-state index in [2.05, 4.69) is 22.5 Å². The van der Waals surface area contributed by atoms with E-state index in [0.29, 0.717) is 6.42 Å². The molecule has 2 amide bonds. The first kappa shape index (κ1) is 16.3. The summed E-state index contributed by atoms with van der Waals surface area (Å²) in [6, 6.07) is 7.36. The van der Waals surface area contributed by atoms with Gasteiger partial charge in [-0.05, 0) is 25.5 Å². The van der Waals surface area contributed by atoms with Crippen LogP contribution in [0.25, 0.3) is 0 Å². The zero-order chi connectivity index (χ0) is 15.0. The van der Waals surface area contributed by atoms with Crippen LogP contribution in [0, 0.1) is 0 Å². The zero-order valence-corrected chi connectivity index (χ0v) is 12.5. The highest BCUT2D eigenvalue weighted by molar-refractivity contribution is 5.93. The second kappa shape index (κ2) is 8.43. The van der Waals surface area contributed by atoms with Gasteiger partial charge in [-0.15, -0.1) is 0 Å². The van der Waals surface area contributed by atoms with Gasteiger partial charge in [0, 0.05) is 20.1 Å². The number of aliphatic hydroxyl groups excluding tert-OH is 1. The summed E-state index contributed by atoms with van der Waals surface area (Å²) in [5.74, 6) is 0. The van der Waals surface area contributed by atoms with Crippen molar-refractivity contribution in [1.29, 1.82) is 0 Å². The molecule has 0 saturated heterocycles. The summed E-state index contributed by atoms with van der Waals surface area (Å²) in [4.78, 5) is 13.9. The lowest BCUT2D eigenvalue weighted by molar-refractivity contribution is 0.162. The van der Waals surface area contributed by atoms with Crippen molar-refractivity contribution in [1.82, 2.24) is 5.32 Å². The molecule has 0 aromatic heterocycles. The SMILES string of the molecule is CCCC(O)CNC(=O)Nc1ccccc1N(C)CC. The van der Waals surface area contributed by atoms with E-state index in [1.54, 1.807) is 0 Å². The van der Waals surface area contributed by atoms with Crippen LogP contribution in [0.5, 0.6) is 0 Å². The number of carbonyl (C=O) groups is 1. The molecule has 1 aromatic carbocycles. The molecule has 0 aliphatic carbocycles. The lowest BCUT2D eigenvalue weighted by atomic mass is 10.2. The van der Waals surface area contributed by atoms with Gasteiger partial charge in [-0.1, -0.05) is 25.5 Å². The Kier molecular flexibility index (Phi) is 6.87. The molecule has 5 nitrogen and oxygen atoms in total. The minimum atomic E-state index is -0.487. The maximum atomic E-state index is 11.8. The highest BCUT2D eigenvalue weighted by atomic mass is 16.3. The molecule has 20 heavy (non-hydrogen) atoms. The molecule has 0 radical (unpaired) electrons. The molecule has 112 valence electrons. The predicted octanol–water partition coefficient (Wildman–Crippen LogP) is 2.43. The first-order chi connectivity index (χ1) is 9.58. The summed E-state index contributed by atoms with van der Waals surface area (Å²) in [7, 11) is 1.98. The summed E-state index contributed by atoms with van der Waals surface area (Å²) in [5.41, 5.74) is 1.73. The molecule has 0 bridgehead atoms. The van der Waals surface area contributed by atoms with E-state index in [4.69, 9.17) is 0 Å². The number of urea groups is 1. The van der Waals surface area contributed by atoms with E-state index in [9.17, 15) is 9.90 Å². The van der Waals surface area contributed by atoms with Crippen LogP contribution in [0.4, 0.5) is 16.2 Å². The van der Waals surface area contributed by atoms with Gasteiger partial charge in [0.2, 0.25) is 0 Å². The summed E-state index contributed by atoms with van der Waals surface area (Å²) < 4.78 is 0. The van der Waals surface area contributed by atoms with Crippen LogP contribution in [0.3, 0.4) is 0 Å². The number of nitrogens with zero attached hydrogens (tertiary/aromatic N) is 1. The van der Waals surface area contributed by atoms with Crippen molar-refractivity contribution < 1.29 is 9.90 Å². The van der Waals surface area contributed by atoms with Gasteiger partial charge in [-0.2, -0.15) is 0 Å². The van der Waals surface area contributed by atoms with Gasteiger partial charge in [0.15, 0.2) is 0 Å². The topological polar surface area (TPSA) is 64.6 Å². The standard InChI is InChI=1S/C15H25N3O2/c1-4-8-12(19)11-16-15(20)17-13-9-6-7-10-14(13)18(3)5-2/h6-7,9-10,12,19H,4-5,8,11H2,1-3H3,(H2,16,17,20). The first-order valence-electron chi connectivity index (χ1n) is 7.11.